The highest BCUT2D eigenvalue weighted by Gasteiger charge is 2.39. The molecule has 1 rings (SSSR count). The Bertz CT molecular complexity index is 345. The maximum Gasteiger partial charge on any atom is 0.500 e. The molecular formula is C16H33NO6Si. The van der Waals surface area contributed by atoms with Gasteiger partial charge in [-0.15, -0.1) is 0 Å². The molecule has 7 nitrogen and oxygen atoms in total. The first-order chi connectivity index (χ1) is 11.4. The molecule has 1 heterocycles. The van der Waals surface area contributed by atoms with E-state index in [9.17, 15) is 4.79 Å². The molecule has 8 heteroatoms. The van der Waals surface area contributed by atoms with E-state index in [0.29, 0.717) is 45.2 Å². The van der Waals surface area contributed by atoms with Crippen LogP contribution >= 0.6 is 0 Å². The summed E-state index contributed by atoms with van der Waals surface area (Å²) >= 11 is 0. The maximum absolute atomic E-state index is 10.7. The van der Waals surface area contributed by atoms with Gasteiger partial charge in [0, 0.05) is 31.4 Å². The average molecular weight is 364 g/mol. The highest BCUT2D eigenvalue weighted by Crippen LogP contribution is 2.17. The van der Waals surface area contributed by atoms with Crippen LogP contribution in [-0.2, 0) is 27.5 Å². The summed E-state index contributed by atoms with van der Waals surface area (Å²) in [5, 5.41) is 0. The largest absolute Gasteiger partial charge is 0.500 e. The van der Waals surface area contributed by atoms with Gasteiger partial charge in [-0.3, -0.25) is 0 Å². The fourth-order valence-corrected chi connectivity index (χ4v) is 4.42. The third-order valence-corrected chi connectivity index (χ3v) is 6.08. The van der Waals surface area contributed by atoms with Gasteiger partial charge in [0.1, 0.15) is 12.7 Å². The summed E-state index contributed by atoms with van der Waals surface area (Å²) in [4.78, 5) is 10.7. The molecule has 0 spiro atoms. The average Bonchev–Trinajstić information content (AvgIpc) is 3.36. The van der Waals surface area contributed by atoms with Crippen molar-refractivity contribution < 1.29 is 27.5 Å². The molecule has 0 bridgehead atoms. The van der Waals surface area contributed by atoms with Crippen LogP contribution in [0.5, 0.6) is 0 Å². The van der Waals surface area contributed by atoms with Gasteiger partial charge in [0.2, 0.25) is 0 Å². The molecule has 1 unspecified atom stereocenters. The minimum atomic E-state index is -2.40. The fraction of sp³-hybridized carbons (Fsp3) is 0.812. The molecule has 1 aliphatic heterocycles. The third-order valence-electron chi connectivity index (χ3n) is 2.93. The number of epoxide rings is 1. The van der Waals surface area contributed by atoms with Crippen LogP contribution in [0, 0.1) is 0 Å². The number of rotatable bonds is 12. The van der Waals surface area contributed by atoms with Crippen LogP contribution < -0.4 is 5.73 Å². The van der Waals surface area contributed by atoms with Gasteiger partial charge in [-0.25, -0.2) is 4.79 Å². The Balaban J connectivity index is 0.000000463. The first-order valence-electron chi connectivity index (χ1n) is 8.50. The van der Waals surface area contributed by atoms with Crippen LogP contribution in [0.25, 0.3) is 0 Å². The molecular weight excluding hydrogens is 330 g/mol. The van der Waals surface area contributed by atoms with Crippen molar-refractivity contribution in [2.45, 2.75) is 46.3 Å². The van der Waals surface area contributed by atoms with E-state index < -0.39 is 8.80 Å². The molecule has 0 saturated carbocycles. The topological polar surface area (TPSA) is 92.5 Å². The number of carbonyl (C=O) groups excluding carboxylic acids is 1. The molecule has 2 N–H and O–H groups in total. The summed E-state index contributed by atoms with van der Waals surface area (Å²) in [6.45, 7) is 14.6. The van der Waals surface area contributed by atoms with Crippen LogP contribution in [-0.4, -0.2) is 60.5 Å². The SMILES string of the molecule is C=C(C)C(=O)OCC1CO1.CCO[Si](CCCN)(OCC)OCC. The van der Waals surface area contributed by atoms with E-state index in [1.165, 1.54) is 0 Å². The lowest BCUT2D eigenvalue weighted by Gasteiger charge is -2.28. The van der Waals surface area contributed by atoms with E-state index >= 15 is 0 Å². The summed E-state index contributed by atoms with van der Waals surface area (Å²) < 4.78 is 26.5. The predicted octanol–water partition coefficient (Wildman–Crippen LogP) is 1.89. The number of hydrogen-bond acceptors (Lipinski definition) is 7. The van der Waals surface area contributed by atoms with Crippen molar-refractivity contribution in [1.29, 1.82) is 0 Å². The summed E-state index contributed by atoms with van der Waals surface area (Å²) in [5.41, 5.74) is 5.91. The Labute approximate surface area is 146 Å². The highest BCUT2D eigenvalue weighted by atomic mass is 28.4. The zero-order valence-corrected chi connectivity index (χ0v) is 16.5. The van der Waals surface area contributed by atoms with Gasteiger partial charge in [-0.2, -0.15) is 0 Å². The Hall–Kier alpha value is -0.773. The van der Waals surface area contributed by atoms with Crippen molar-refractivity contribution >= 4 is 14.8 Å². The van der Waals surface area contributed by atoms with E-state index in [4.69, 9.17) is 28.5 Å². The number of nitrogens with two attached hydrogens (primary N) is 1. The van der Waals surface area contributed by atoms with Crippen molar-refractivity contribution in [3.63, 3.8) is 0 Å². The van der Waals surface area contributed by atoms with Crippen LogP contribution in [0.4, 0.5) is 0 Å². The van der Waals surface area contributed by atoms with E-state index in [-0.39, 0.29) is 12.1 Å². The van der Waals surface area contributed by atoms with Gasteiger partial charge in [0.25, 0.3) is 0 Å². The first kappa shape index (κ1) is 23.2. The second-order valence-electron chi connectivity index (χ2n) is 5.21. The quantitative estimate of drug-likeness (QED) is 0.245. The monoisotopic (exact) mass is 363 g/mol. The van der Waals surface area contributed by atoms with E-state index in [1.807, 2.05) is 20.8 Å². The van der Waals surface area contributed by atoms with Crippen LogP contribution in [0.3, 0.4) is 0 Å². The molecule has 0 aromatic carbocycles. The first-order valence-corrected chi connectivity index (χ1v) is 10.4. The zero-order chi connectivity index (χ0) is 18.4. The Kier molecular flexibility index (Phi) is 13.1. The van der Waals surface area contributed by atoms with Crippen molar-refractivity contribution in [2.75, 3.05) is 39.6 Å². The lowest BCUT2D eigenvalue weighted by Crippen LogP contribution is -2.46. The predicted molar refractivity (Wildman–Crippen MR) is 94.6 cm³/mol. The molecule has 24 heavy (non-hydrogen) atoms. The maximum atomic E-state index is 10.7. The molecule has 0 aromatic rings. The van der Waals surface area contributed by atoms with Gasteiger partial charge in [-0.1, -0.05) is 6.58 Å². The molecule has 1 saturated heterocycles. The van der Waals surface area contributed by atoms with Crippen LogP contribution in [0.1, 0.15) is 34.1 Å². The van der Waals surface area contributed by atoms with Crippen molar-refractivity contribution in [3.05, 3.63) is 12.2 Å². The highest BCUT2D eigenvalue weighted by molar-refractivity contribution is 6.60. The smallest absolute Gasteiger partial charge is 0.459 e. The summed E-state index contributed by atoms with van der Waals surface area (Å²) in [5.74, 6) is -0.337. The molecule has 0 radical (unpaired) electrons. The Morgan fingerprint density at radius 1 is 1.21 bits per heavy atom. The second-order valence-corrected chi connectivity index (χ2v) is 7.94. The number of carbonyl (C=O) groups is 1. The summed E-state index contributed by atoms with van der Waals surface area (Å²) in [6.07, 6.45) is 1.04. The normalized spacial score (nSPS) is 16.1. The molecule has 142 valence electrons. The fourth-order valence-electron chi connectivity index (χ4n) is 1.78. The van der Waals surface area contributed by atoms with Crippen molar-refractivity contribution in [2.24, 2.45) is 5.73 Å². The van der Waals surface area contributed by atoms with Gasteiger partial charge < -0.3 is 28.5 Å². The Morgan fingerprint density at radius 3 is 2.04 bits per heavy atom. The number of ether oxygens (including phenoxy) is 2. The minimum Gasteiger partial charge on any atom is -0.459 e. The minimum absolute atomic E-state index is 0.142. The number of hydrogen-bond donors (Lipinski definition) is 1. The van der Waals surface area contributed by atoms with E-state index in [2.05, 4.69) is 6.58 Å². The molecule has 0 aliphatic carbocycles. The lowest BCUT2D eigenvalue weighted by atomic mass is 10.4. The van der Waals surface area contributed by atoms with Crippen LogP contribution in [0.2, 0.25) is 6.04 Å². The van der Waals surface area contributed by atoms with E-state index in [1.54, 1.807) is 6.92 Å². The molecule has 0 amide bonds. The van der Waals surface area contributed by atoms with Crippen LogP contribution in [0.15, 0.2) is 12.2 Å². The van der Waals surface area contributed by atoms with E-state index in [0.717, 1.165) is 12.5 Å². The standard InChI is InChI=1S/C9H23NO3Si.C7H10O3/c1-4-11-14(12-5-2,13-6-3)9-7-8-10;1-5(2)7(8)10-4-6-3-9-6/h4-10H2,1-3H3;6H,1,3-4H2,2H3. The molecule has 1 aliphatic rings. The summed E-state index contributed by atoms with van der Waals surface area (Å²) in [7, 11) is -2.40. The molecule has 1 fully saturated rings. The Morgan fingerprint density at radius 2 is 1.71 bits per heavy atom. The molecule has 0 aromatic heterocycles. The van der Waals surface area contributed by atoms with Gasteiger partial charge >= 0.3 is 14.8 Å². The second kappa shape index (κ2) is 13.5. The van der Waals surface area contributed by atoms with Crippen molar-refractivity contribution in [3.8, 4) is 0 Å². The zero-order valence-electron chi connectivity index (χ0n) is 15.5. The van der Waals surface area contributed by atoms with Gasteiger partial charge in [0.15, 0.2) is 0 Å². The molecule has 1 atom stereocenters. The number of esters is 1. The lowest BCUT2D eigenvalue weighted by molar-refractivity contribution is -0.139. The third kappa shape index (κ3) is 10.9. The van der Waals surface area contributed by atoms with Gasteiger partial charge in [0.05, 0.1) is 6.61 Å². The van der Waals surface area contributed by atoms with Crippen molar-refractivity contribution in [1.82, 2.24) is 0 Å². The summed E-state index contributed by atoms with van der Waals surface area (Å²) in [6, 6.07) is 0.818. The van der Waals surface area contributed by atoms with Gasteiger partial charge in [-0.05, 0) is 40.7 Å².